The molecule has 4 aliphatic rings. The fourth-order valence-corrected chi connectivity index (χ4v) is 5.67. The monoisotopic (exact) mass is 261 g/mol. The SMILES string of the molecule is C=C(C)CC(NCCC)C1C2CC3CC(C2)CC1C3. The Kier molecular flexibility index (Phi) is 4.03. The molecular formula is C18H31N. The molecule has 4 rings (SSSR count). The van der Waals surface area contributed by atoms with Crippen LogP contribution in [0.4, 0.5) is 0 Å². The third kappa shape index (κ3) is 2.77. The summed E-state index contributed by atoms with van der Waals surface area (Å²) in [6, 6.07) is 0.715. The third-order valence-corrected chi connectivity index (χ3v) is 5.99. The molecule has 0 aromatic rings. The molecule has 1 atom stereocenters. The summed E-state index contributed by atoms with van der Waals surface area (Å²) >= 11 is 0. The van der Waals surface area contributed by atoms with Crippen LogP contribution in [0.25, 0.3) is 0 Å². The highest BCUT2D eigenvalue weighted by molar-refractivity contribution is 5.04. The van der Waals surface area contributed by atoms with E-state index in [1.54, 1.807) is 6.42 Å². The van der Waals surface area contributed by atoms with Crippen molar-refractivity contribution in [3.8, 4) is 0 Å². The molecule has 0 aromatic carbocycles. The second kappa shape index (κ2) is 5.60. The predicted molar refractivity (Wildman–Crippen MR) is 82.0 cm³/mol. The molecule has 1 N–H and O–H groups in total. The molecule has 0 saturated heterocycles. The number of hydrogen-bond acceptors (Lipinski definition) is 1. The maximum Gasteiger partial charge on any atom is 0.0138 e. The molecule has 108 valence electrons. The summed E-state index contributed by atoms with van der Waals surface area (Å²) < 4.78 is 0. The molecule has 0 aliphatic heterocycles. The minimum atomic E-state index is 0.715. The van der Waals surface area contributed by atoms with Gasteiger partial charge in [-0.25, -0.2) is 0 Å². The first-order valence-electron chi connectivity index (χ1n) is 8.55. The normalized spacial score (nSPS) is 41.5. The molecule has 4 bridgehead atoms. The number of nitrogens with one attached hydrogen (secondary N) is 1. The van der Waals surface area contributed by atoms with Crippen LogP contribution in [-0.2, 0) is 0 Å². The Balaban J connectivity index is 1.72. The van der Waals surface area contributed by atoms with Gasteiger partial charge in [0.25, 0.3) is 0 Å². The first-order chi connectivity index (χ1) is 9.17. The molecule has 4 aliphatic carbocycles. The molecule has 0 amide bonds. The van der Waals surface area contributed by atoms with Crippen LogP contribution in [0.3, 0.4) is 0 Å². The van der Waals surface area contributed by atoms with Crippen molar-refractivity contribution >= 4 is 0 Å². The molecule has 0 heterocycles. The zero-order valence-electron chi connectivity index (χ0n) is 12.8. The van der Waals surface area contributed by atoms with Gasteiger partial charge in [0.1, 0.15) is 0 Å². The fraction of sp³-hybridized carbons (Fsp3) is 0.889. The van der Waals surface area contributed by atoms with Gasteiger partial charge in [-0.15, -0.1) is 6.58 Å². The second-order valence-electron chi connectivity index (χ2n) is 7.73. The van der Waals surface area contributed by atoms with Crippen molar-refractivity contribution in [3.63, 3.8) is 0 Å². The van der Waals surface area contributed by atoms with Crippen LogP contribution < -0.4 is 5.32 Å². The Hall–Kier alpha value is -0.300. The van der Waals surface area contributed by atoms with Crippen LogP contribution in [0.5, 0.6) is 0 Å². The van der Waals surface area contributed by atoms with Crippen LogP contribution in [0.2, 0.25) is 0 Å². The van der Waals surface area contributed by atoms with Gasteiger partial charge >= 0.3 is 0 Å². The second-order valence-corrected chi connectivity index (χ2v) is 7.73. The van der Waals surface area contributed by atoms with E-state index in [0.717, 1.165) is 29.6 Å². The van der Waals surface area contributed by atoms with E-state index in [1.807, 2.05) is 0 Å². The lowest BCUT2D eigenvalue weighted by Crippen LogP contribution is -2.53. The van der Waals surface area contributed by atoms with Crippen LogP contribution >= 0.6 is 0 Å². The van der Waals surface area contributed by atoms with Crippen LogP contribution in [0, 0.1) is 29.6 Å². The van der Waals surface area contributed by atoms with Gasteiger partial charge in [-0.3, -0.25) is 0 Å². The maximum absolute atomic E-state index is 4.18. The lowest BCUT2D eigenvalue weighted by molar-refractivity contribution is -0.0516. The van der Waals surface area contributed by atoms with E-state index in [9.17, 15) is 0 Å². The van der Waals surface area contributed by atoms with Gasteiger partial charge < -0.3 is 5.32 Å². The topological polar surface area (TPSA) is 12.0 Å². The van der Waals surface area contributed by atoms with E-state index < -0.39 is 0 Å². The minimum absolute atomic E-state index is 0.715. The van der Waals surface area contributed by atoms with E-state index in [1.165, 1.54) is 50.6 Å². The molecule has 0 aromatic heterocycles. The van der Waals surface area contributed by atoms with E-state index in [4.69, 9.17) is 0 Å². The molecular weight excluding hydrogens is 230 g/mol. The Bertz CT molecular complexity index is 305. The Labute approximate surface area is 119 Å². The highest BCUT2D eigenvalue weighted by atomic mass is 14.9. The van der Waals surface area contributed by atoms with Gasteiger partial charge in [-0.05, 0) is 88.0 Å². The molecule has 1 heteroatoms. The van der Waals surface area contributed by atoms with E-state index in [-0.39, 0.29) is 0 Å². The minimum Gasteiger partial charge on any atom is -0.313 e. The lowest BCUT2D eigenvalue weighted by atomic mass is 9.50. The van der Waals surface area contributed by atoms with Crippen molar-refractivity contribution in [2.75, 3.05) is 6.54 Å². The highest BCUT2D eigenvalue weighted by Gasteiger charge is 2.50. The zero-order chi connectivity index (χ0) is 13.4. The predicted octanol–water partition coefficient (Wildman–Crippen LogP) is 4.39. The number of hydrogen-bond donors (Lipinski definition) is 1. The summed E-state index contributed by atoms with van der Waals surface area (Å²) in [7, 11) is 0. The van der Waals surface area contributed by atoms with Crippen LogP contribution in [-0.4, -0.2) is 12.6 Å². The molecule has 4 fully saturated rings. The van der Waals surface area contributed by atoms with Gasteiger partial charge in [0.2, 0.25) is 0 Å². The van der Waals surface area contributed by atoms with Crippen molar-refractivity contribution in [3.05, 3.63) is 12.2 Å². The maximum atomic E-state index is 4.18. The molecule has 0 radical (unpaired) electrons. The molecule has 0 spiro atoms. The summed E-state index contributed by atoms with van der Waals surface area (Å²) in [5.41, 5.74) is 1.36. The molecule has 4 saturated carbocycles. The van der Waals surface area contributed by atoms with Crippen LogP contribution in [0.15, 0.2) is 12.2 Å². The van der Waals surface area contributed by atoms with E-state index in [0.29, 0.717) is 6.04 Å². The van der Waals surface area contributed by atoms with Crippen molar-refractivity contribution in [1.82, 2.24) is 5.32 Å². The summed E-state index contributed by atoms with van der Waals surface area (Å²) in [4.78, 5) is 0. The standard InChI is InChI=1S/C18H31N/c1-4-5-19-17(6-12(2)3)18-15-8-13-7-14(10-15)11-16(18)9-13/h13-19H,2,4-11H2,1,3H3. The average Bonchev–Trinajstić information content (AvgIpc) is 2.33. The smallest absolute Gasteiger partial charge is 0.0138 e. The Morgan fingerprint density at radius 2 is 1.68 bits per heavy atom. The summed E-state index contributed by atoms with van der Waals surface area (Å²) in [5, 5.41) is 3.87. The molecule has 1 nitrogen and oxygen atoms in total. The molecule has 19 heavy (non-hydrogen) atoms. The van der Waals surface area contributed by atoms with Gasteiger partial charge in [-0.2, -0.15) is 0 Å². The van der Waals surface area contributed by atoms with E-state index >= 15 is 0 Å². The average molecular weight is 261 g/mol. The van der Waals surface area contributed by atoms with Gasteiger partial charge in [0.05, 0.1) is 0 Å². The zero-order valence-corrected chi connectivity index (χ0v) is 12.8. The fourth-order valence-electron chi connectivity index (χ4n) is 5.67. The quantitative estimate of drug-likeness (QED) is 0.699. The number of rotatable bonds is 6. The first-order valence-corrected chi connectivity index (χ1v) is 8.55. The van der Waals surface area contributed by atoms with E-state index in [2.05, 4.69) is 25.7 Å². The Morgan fingerprint density at radius 1 is 1.11 bits per heavy atom. The van der Waals surface area contributed by atoms with Crippen LogP contribution in [0.1, 0.15) is 58.8 Å². The summed E-state index contributed by atoms with van der Waals surface area (Å²) in [5.74, 6) is 5.21. The highest BCUT2D eigenvalue weighted by Crippen LogP contribution is 2.57. The lowest BCUT2D eigenvalue weighted by Gasteiger charge is -2.56. The van der Waals surface area contributed by atoms with Gasteiger partial charge in [-0.1, -0.05) is 12.5 Å². The van der Waals surface area contributed by atoms with Crippen molar-refractivity contribution in [2.24, 2.45) is 29.6 Å². The third-order valence-electron chi connectivity index (χ3n) is 5.99. The largest absolute Gasteiger partial charge is 0.313 e. The first kappa shape index (κ1) is 13.7. The summed E-state index contributed by atoms with van der Waals surface area (Å²) in [6.45, 7) is 9.84. The van der Waals surface area contributed by atoms with Crippen molar-refractivity contribution in [1.29, 1.82) is 0 Å². The van der Waals surface area contributed by atoms with Gasteiger partial charge in [0, 0.05) is 6.04 Å². The summed E-state index contributed by atoms with van der Waals surface area (Å²) in [6.07, 6.45) is 10.2. The van der Waals surface area contributed by atoms with Crippen molar-refractivity contribution in [2.45, 2.75) is 64.8 Å². The van der Waals surface area contributed by atoms with Gasteiger partial charge in [0.15, 0.2) is 0 Å². The molecule has 1 unspecified atom stereocenters. The van der Waals surface area contributed by atoms with Crippen molar-refractivity contribution < 1.29 is 0 Å². The Morgan fingerprint density at radius 3 is 2.16 bits per heavy atom.